The summed E-state index contributed by atoms with van der Waals surface area (Å²) < 4.78 is 6.22. The third-order valence-electron chi connectivity index (χ3n) is 4.06. The molecule has 0 radical (unpaired) electrons. The van der Waals surface area contributed by atoms with Crippen LogP contribution in [0.15, 0.2) is 11.6 Å². The van der Waals surface area contributed by atoms with Gasteiger partial charge in [-0.1, -0.05) is 38.6 Å². The van der Waals surface area contributed by atoms with E-state index in [0.29, 0.717) is 5.57 Å². The molecular formula is C15H29NO3SSi. The van der Waals surface area contributed by atoms with Crippen LogP contribution in [0.1, 0.15) is 34.6 Å². The standard InChI is InChI=1S/C15H29NO3SSi/c1-10(14(18)20-6)9-12(13(16)17)11(2)19-21(7,8)15(3,4)5/h9,11-12H,1-8H3,(H2,16,17)/b10-9+/t11-,12+/m1/s1. The summed E-state index contributed by atoms with van der Waals surface area (Å²) in [6.45, 7) is 14.2. The van der Waals surface area contributed by atoms with Gasteiger partial charge in [0.25, 0.3) is 0 Å². The molecule has 0 aliphatic heterocycles. The molecule has 0 rings (SSSR count). The van der Waals surface area contributed by atoms with Gasteiger partial charge in [-0.2, -0.15) is 0 Å². The maximum atomic E-state index is 11.7. The second-order valence-corrected chi connectivity index (χ2v) is 12.4. The predicted molar refractivity (Wildman–Crippen MR) is 92.7 cm³/mol. The number of amides is 1. The van der Waals surface area contributed by atoms with Gasteiger partial charge in [0.15, 0.2) is 8.32 Å². The van der Waals surface area contributed by atoms with Crippen molar-refractivity contribution in [3.63, 3.8) is 0 Å². The lowest BCUT2D eigenvalue weighted by molar-refractivity contribution is -0.122. The Morgan fingerprint density at radius 2 is 1.76 bits per heavy atom. The number of primary amides is 1. The summed E-state index contributed by atoms with van der Waals surface area (Å²) in [5.41, 5.74) is 6.03. The third-order valence-corrected chi connectivity index (χ3v) is 9.32. The summed E-state index contributed by atoms with van der Waals surface area (Å²) in [7, 11) is -1.99. The van der Waals surface area contributed by atoms with E-state index < -0.39 is 20.1 Å². The minimum absolute atomic E-state index is 0.0529. The molecule has 0 spiro atoms. The molecule has 0 aromatic rings. The highest BCUT2D eigenvalue weighted by Gasteiger charge is 2.40. The highest BCUT2D eigenvalue weighted by atomic mass is 32.2. The molecule has 0 heterocycles. The first-order valence-electron chi connectivity index (χ1n) is 7.07. The molecule has 0 saturated heterocycles. The Kier molecular flexibility index (Phi) is 7.39. The number of nitrogens with two attached hydrogens (primary N) is 1. The lowest BCUT2D eigenvalue weighted by atomic mass is 10.0. The highest BCUT2D eigenvalue weighted by molar-refractivity contribution is 8.13. The Hall–Kier alpha value is -0.593. The van der Waals surface area contributed by atoms with E-state index in [2.05, 4.69) is 33.9 Å². The Bertz CT molecular complexity index is 427. The van der Waals surface area contributed by atoms with Crippen molar-refractivity contribution in [3.8, 4) is 0 Å². The number of rotatable bonds is 6. The largest absolute Gasteiger partial charge is 0.413 e. The van der Waals surface area contributed by atoms with E-state index in [1.165, 1.54) is 0 Å². The van der Waals surface area contributed by atoms with Gasteiger partial charge in [-0.15, -0.1) is 0 Å². The van der Waals surface area contributed by atoms with Gasteiger partial charge in [-0.3, -0.25) is 9.59 Å². The van der Waals surface area contributed by atoms with E-state index in [1.54, 1.807) is 19.3 Å². The average Bonchev–Trinajstić information content (AvgIpc) is 2.31. The predicted octanol–water partition coefficient (Wildman–Crippen LogP) is 3.33. The zero-order valence-electron chi connectivity index (χ0n) is 14.4. The van der Waals surface area contributed by atoms with Crippen molar-refractivity contribution < 1.29 is 14.0 Å². The maximum absolute atomic E-state index is 11.7. The van der Waals surface area contributed by atoms with Crippen LogP contribution in [0.5, 0.6) is 0 Å². The monoisotopic (exact) mass is 331 g/mol. The number of hydrogen-bond donors (Lipinski definition) is 1. The number of carbonyl (C=O) groups is 2. The van der Waals surface area contributed by atoms with Crippen LogP contribution >= 0.6 is 11.8 Å². The molecule has 1 amide bonds. The molecule has 0 fully saturated rings. The van der Waals surface area contributed by atoms with E-state index in [-0.39, 0.29) is 16.3 Å². The number of carbonyl (C=O) groups excluding carboxylic acids is 2. The summed E-state index contributed by atoms with van der Waals surface area (Å²) in [5.74, 6) is -1.05. The van der Waals surface area contributed by atoms with Crippen molar-refractivity contribution >= 4 is 31.1 Å². The minimum atomic E-state index is -1.99. The third kappa shape index (κ3) is 5.96. The van der Waals surface area contributed by atoms with Gasteiger partial charge >= 0.3 is 0 Å². The molecule has 0 bridgehead atoms. The van der Waals surface area contributed by atoms with Gasteiger partial charge in [0.1, 0.15) is 0 Å². The van der Waals surface area contributed by atoms with E-state index in [9.17, 15) is 9.59 Å². The summed E-state index contributed by atoms with van der Waals surface area (Å²) in [6, 6.07) is 0. The second kappa shape index (κ2) is 7.60. The van der Waals surface area contributed by atoms with Gasteiger partial charge in [-0.25, -0.2) is 0 Å². The van der Waals surface area contributed by atoms with Crippen LogP contribution in [0, 0.1) is 5.92 Å². The molecule has 0 aliphatic rings. The fourth-order valence-electron chi connectivity index (χ4n) is 1.66. The average molecular weight is 332 g/mol. The molecule has 2 atom stereocenters. The van der Waals surface area contributed by atoms with E-state index >= 15 is 0 Å². The van der Waals surface area contributed by atoms with Crippen LogP contribution in [-0.4, -0.2) is 31.7 Å². The Labute approximate surface area is 134 Å². The van der Waals surface area contributed by atoms with Crippen molar-refractivity contribution in [1.29, 1.82) is 0 Å². The molecular weight excluding hydrogens is 302 g/mol. The van der Waals surface area contributed by atoms with Crippen LogP contribution in [0.4, 0.5) is 0 Å². The summed E-state index contributed by atoms with van der Waals surface area (Å²) in [4.78, 5) is 23.4. The SMILES string of the molecule is CSC(=O)/C(C)=C/[C@H](C(N)=O)[C@@H](C)O[Si](C)(C)C(C)(C)C. The first-order valence-corrected chi connectivity index (χ1v) is 11.2. The molecule has 0 unspecified atom stereocenters. The van der Waals surface area contributed by atoms with Crippen molar-refractivity contribution in [2.75, 3.05) is 6.26 Å². The van der Waals surface area contributed by atoms with Crippen LogP contribution in [0.2, 0.25) is 18.1 Å². The number of hydrogen-bond acceptors (Lipinski definition) is 4. The number of thioether (sulfide) groups is 1. The molecule has 0 aromatic heterocycles. The first-order chi connectivity index (χ1) is 9.33. The fraction of sp³-hybridized carbons (Fsp3) is 0.733. The summed E-state index contributed by atoms with van der Waals surface area (Å²) >= 11 is 1.12. The van der Waals surface area contributed by atoms with Crippen molar-refractivity contribution in [1.82, 2.24) is 0 Å². The highest BCUT2D eigenvalue weighted by Crippen LogP contribution is 2.38. The van der Waals surface area contributed by atoms with Crippen LogP contribution in [0.25, 0.3) is 0 Å². The maximum Gasteiger partial charge on any atom is 0.226 e. The topological polar surface area (TPSA) is 69.4 Å². The zero-order valence-corrected chi connectivity index (χ0v) is 16.3. The minimum Gasteiger partial charge on any atom is -0.413 e. The van der Waals surface area contributed by atoms with Crippen LogP contribution < -0.4 is 5.73 Å². The molecule has 4 nitrogen and oxygen atoms in total. The second-order valence-electron chi connectivity index (χ2n) is 6.85. The van der Waals surface area contributed by atoms with Crippen LogP contribution in [0.3, 0.4) is 0 Å². The Morgan fingerprint density at radius 1 is 1.29 bits per heavy atom. The normalized spacial score (nSPS) is 16.5. The van der Waals surface area contributed by atoms with Crippen molar-refractivity contribution in [2.24, 2.45) is 11.7 Å². The molecule has 0 aromatic carbocycles. The lowest BCUT2D eigenvalue weighted by Crippen LogP contribution is -2.46. The lowest BCUT2D eigenvalue weighted by Gasteiger charge is -2.39. The van der Waals surface area contributed by atoms with E-state index in [4.69, 9.17) is 10.2 Å². The quantitative estimate of drug-likeness (QED) is 0.598. The van der Waals surface area contributed by atoms with Gasteiger partial charge in [-0.05, 0) is 38.2 Å². The van der Waals surface area contributed by atoms with Gasteiger partial charge in [0.2, 0.25) is 11.0 Å². The first kappa shape index (κ1) is 20.4. The molecule has 0 aliphatic carbocycles. The smallest absolute Gasteiger partial charge is 0.226 e. The van der Waals surface area contributed by atoms with Gasteiger partial charge < -0.3 is 10.2 Å². The van der Waals surface area contributed by atoms with Crippen molar-refractivity contribution in [2.45, 2.75) is 58.9 Å². The van der Waals surface area contributed by atoms with Crippen LogP contribution in [-0.2, 0) is 14.0 Å². The Balaban J connectivity index is 5.25. The molecule has 122 valence electrons. The van der Waals surface area contributed by atoms with E-state index in [1.807, 2.05) is 6.92 Å². The molecule has 0 saturated carbocycles. The molecule has 6 heteroatoms. The molecule has 21 heavy (non-hydrogen) atoms. The summed E-state index contributed by atoms with van der Waals surface area (Å²) in [6.07, 6.45) is 3.01. The van der Waals surface area contributed by atoms with Gasteiger partial charge in [0.05, 0.1) is 12.0 Å². The van der Waals surface area contributed by atoms with E-state index in [0.717, 1.165) is 11.8 Å². The van der Waals surface area contributed by atoms with Crippen molar-refractivity contribution in [3.05, 3.63) is 11.6 Å². The molecule has 2 N–H and O–H groups in total. The Morgan fingerprint density at radius 3 is 2.10 bits per heavy atom. The summed E-state index contributed by atoms with van der Waals surface area (Å²) in [5, 5.41) is -0.00195. The fourth-order valence-corrected chi connectivity index (χ4v) is 3.48. The van der Waals surface area contributed by atoms with Gasteiger partial charge in [0, 0.05) is 5.57 Å². The zero-order chi connectivity index (χ0) is 17.0.